The molecule has 23 heavy (non-hydrogen) atoms. The van der Waals surface area contributed by atoms with Crippen molar-refractivity contribution in [1.29, 1.82) is 0 Å². The lowest BCUT2D eigenvalue weighted by molar-refractivity contribution is -0.134. The van der Waals surface area contributed by atoms with E-state index in [0.29, 0.717) is 19.5 Å². The van der Waals surface area contributed by atoms with Gasteiger partial charge < -0.3 is 15.0 Å². The van der Waals surface area contributed by atoms with E-state index in [4.69, 9.17) is 4.74 Å². The van der Waals surface area contributed by atoms with Gasteiger partial charge in [0.05, 0.1) is 6.10 Å². The molecule has 1 saturated heterocycles. The fourth-order valence-electron chi connectivity index (χ4n) is 2.45. The Morgan fingerprint density at radius 1 is 1.48 bits per heavy atom. The van der Waals surface area contributed by atoms with Gasteiger partial charge in [-0.25, -0.2) is 0 Å². The molecule has 2 amide bonds. The molecule has 5 heteroatoms. The number of anilines is 1. The highest BCUT2D eigenvalue weighted by Gasteiger charge is 2.30. The Bertz CT molecular complexity index is 579. The summed E-state index contributed by atoms with van der Waals surface area (Å²) in [6.07, 6.45) is 2.79. The number of carbonyl (C=O) groups is 2. The molecule has 2 rings (SSSR count). The first-order valence-corrected chi connectivity index (χ1v) is 7.99. The van der Waals surface area contributed by atoms with Gasteiger partial charge in [0.2, 0.25) is 11.8 Å². The molecule has 0 spiro atoms. The maximum Gasteiger partial charge on any atom is 0.245 e. The molecule has 1 fully saturated rings. The summed E-state index contributed by atoms with van der Waals surface area (Å²) in [6, 6.07) is 7.42. The van der Waals surface area contributed by atoms with Crippen molar-refractivity contribution >= 4 is 17.5 Å². The van der Waals surface area contributed by atoms with Crippen molar-refractivity contribution in [2.24, 2.45) is 5.92 Å². The van der Waals surface area contributed by atoms with E-state index >= 15 is 0 Å². The topological polar surface area (TPSA) is 58.6 Å². The van der Waals surface area contributed by atoms with E-state index < -0.39 is 0 Å². The van der Waals surface area contributed by atoms with Crippen molar-refractivity contribution in [3.8, 4) is 5.75 Å². The average molecular weight is 316 g/mol. The molecule has 124 valence electrons. The van der Waals surface area contributed by atoms with Crippen LogP contribution in [0.1, 0.15) is 26.7 Å². The Hall–Kier alpha value is -2.30. The second-order valence-electron chi connectivity index (χ2n) is 5.93. The number of ether oxygens (including phenoxy) is 1. The van der Waals surface area contributed by atoms with E-state index in [-0.39, 0.29) is 23.8 Å². The minimum Gasteiger partial charge on any atom is -0.491 e. The number of nitrogens with zero attached hydrogens (tertiary/aromatic N) is 1. The molecular weight excluding hydrogens is 292 g/mol. The van der Waals surface area contributed by atoms with Gasteiger partial charge in [0.1, 0.15) is 5.75 Å². The lowest BCUT2D eigenvalue weighted by Crippen LogP contribution is -2.50. The van der Waals surface area contributed by atoms with Crippen LogP contribution in [0.25, 0.3) is 0 Å². The number of rotatable bonds is 7. The van der Waals surface area contributed by atoms with Crippen LogP contribution in [0.5, 0.6) is 5.75 Å². The monoisotopic (exact) mass is 316 g/mol. The van der Waals surface area contributed by atoms with E-state index in [1.807, 2.05) is 31.2 Å². The highest BCUT2D eigenvalue weighted by Crippen LogP contribution is 2.22. The van der Waals surface area contributed by atoms with E-state index in [1.165, 1.54) is 6.08 Å². The predicted octanol–water partition coefficient (Wildman–Crippen LogP) is 2.84. The number of likely N-dealkylation sites (tertiary alicyclic amines) is 1. The Morgan fingerprint density at radius 2 is 2.22 bits per heavy atom. The maximum atomic E-state index is 12.1. The van der Waals surface area contributed by atoms with Crippen molar-refractivity contribution in [2.45, 2.75) is 32.8 Å². The van der Waals surface area contributed by atoms with Crippen LogP contribution in [-0.4, -0.2) is 35.9 Å². The number of hydrogen-bond donors (Lipinski definition) is 1. The quantitative estimate of drug-likeness (QED) is 0.787. The molecule has 0 aliphatic carbocycles. The summed E-state index contributed by atoms with van der Waals surface area (Å²) in [7, 11) is 0. The second kappa shape index (κ2) is 7.81. The molecule has 0 bridgehead atoms. The molecular formula is C18H24N2O3. The average Bonchev–Trinajstić information content (AvgIpc) is 2.50. The fourth-order valence-corrected chi connectivity index (χ4v) is 2.45. The van der Waals surface area contributed by atoms with E-state index in [9.17, 15) is 9.59 Å². The minimum absolute atomic E-state index is 0.0404. The fraction of sp³-hybridized carbons (Fsp3) is 0.444. The highest BCUT2D eigenvalue weighted by molar-refractivity contribution is 5.92. The van der Waals surface area contributed by atoms with Gasteiger partial charge in [0.25, 0.3) is 0 Å². The zero-order valence-corrected chi connectivity index (χ0v) is 13.7. The Morgan fingerprint density at radius 3 is 2.87 bits per heavy atom. The third-order valence-corrected chi connectivity index (χ3v) is 3.95. The van der Waals surface area contributed by atoms with Gasteiger partial charge in [0.15, 0.2) is 0 Å². The second-order valence-corrected chi connectivity index (χ2v) is 5.93. The summed E-state index contributed by atoms with van der Waals surface area (Å²) in [5.74, 6) is 0.861. The Balaban J connectivity index is 1.81. The van der Waals surface area contributed by atoms with Crippen LogP contribution >= 0.6 is 0 Å². The van der Waals surface area contributed by atoms with Gasteiger partial charge >= 0.3 is 0 Å². The summed E-state index contributed by atoms with van der Waals surface area (Å²) < 4.78 is 5.75. The first-order chi connectivity index (χ1) is 11.0. The zero-order valence-electron chi connectivity index (χ0n) is 13.7. The minimum atomic E-state index is -0.0726. The van der Waals surface area contributed by atoms with Crippen molar-refractivity contribution in [2.75, 3.05) is 18.4 Å². The Labute approximate surface area is 137 Å². The molecule has 1 aliphatic rings. The molecule has 0 radical (unpaired) electrons. The molecule has 1 aliphatic heterocycles. The number of amides is 2. The SMILES string of the molecule is C=CC(=O)N1CC(CC(=O)Nc2cccc(OC(C)CC)c2)C1. The lowest BCUT2D eigenvalue weighted by atomic mass is 9.96. The molecule has 1 aromatic rings. The van der Waals surface area contributed by atoms with Crippen LogP contribution in [0, 0.1) is 5.92 Å². The van der Waals surface area contributed by atoms with Crippen LogP contribution in [0.15, 0.2) is 36.9 Å². The van der Waals surface area contributed by atoms with Gasteiger partial charge in [-0.1, -0.05) is 19.6 Å². The van der Waals surface area contributed by atoms with Gasteiger partial charge in [-0.2, -0.15) is 0 Å². The molecule has 0 saturated carbocycles. The van der Waals surface area contributed by atoms with Gasteiger partial charge in [-0.05, 0) is 31.6 Å². The van der Waals surface area contributed by atoms with Crippen LogP contribution in [-0.2, 0) is 9.59 Å². The largest absolute Gasteiger partial charge is 0.491 e. The van der Waals surface area contributed by atoms with E-state index in [0.717, 1.165) is 17.9 Å². The van der Waals surface area contributed by atoms with Crippen molar-refractivity contribution < 1.29 is 14.3 Å². The molecule has 1 aromatic carbocycles. The smallest absolute Gasteiger partial charge is 0.245 e. The number of benzene rings is 1. The van der Waals surface area contributed by atoms with Crippen LogP contribution < -0.4 is 10.1 Å². The lowest BCUT2D eigenvalue weighted by Gasteiger charge is -2.38. The number of carbonyl (C=O) groups excluding carboxylic acids is 2. The standard InChI is InChI=1S/C18H24N2O3/c1-4-13(3)23-16-8-6-7-15(10-16)19-17(21)9-14-11-20(12-14)18(22)5-2/h5-8,10,13-14H,2,4,9,11-12H2,1,3H3,(H,19,21). The summed E-state index contributed by atoms with van der Waals surface area (Å²) in [5, 5.41) is 2.89. The summed E-state index contributed by atoms with van der Waals surface area (Å²) >= 11 is 0. The molecule has 0 aromatic heterocycles. The third-order valence-electron chi connectivity index (χ3n) is 3.95. The van der Waals surface area contributed by atoms with Crippen molar-refractivity contribution in [1.82, 2.24) is 4.90 Å². The predicted molar refractivity (Wildman–Crippen MR) is 90.3 cm³/mol. The normalized spacial score (nSPS) is 15.5. The number of hydrogen-bond acceptors (Lipinski definition) is 3. The van der Waals surface area contributed by atoms with Gasteiger partial charge in [-0.3, -0.25) is 9.59 Å². The first kappa shape index (κ1) is 17.1. The zero-order chi connectivity index (χ0) is 16.8. The van der Waals surface area contributed by atoms with Crippen molar-refractivity contribution in [3.63, 3.8) is 0 Å². The summed E-state index contributed by atoms with van der Waals surface area (Å²) in [5.41, 5.74) is 0.731. The molecule has 5 nitrogen and oxygen atoms in total. The summed E-state index contributed by atoms with van der Waals surface area (Å²) in [4.78, 5) is 25.1. The molecule has 1 N–H and O–H groups in total. The Kier molecular flexibility index (Phi) is 5.79. The molecule has 1 heterocycles. The van der Waals surface area contributed by atoms with E-state index in [2.05, 4.69) is 18.8 Å². The maximum absolute atomic E-state index is 12.1. The first-order valence-electron chi connectivity index (χ1n) is 7.99. The van der Waals surface area contributed by atoms with Crippen LogP contribution in [0.4, 0.5) is 5.69 Å². The van der Waals surface area contributed by atoms with E-state index in [1.54, 1.807) is 4.90 Å². The van der Waals surface area contributed by atoms with Crippen LogP contribution in [0.2, 0.25) is 0 Å². The highest BCUT2D eigenvalue weighted by atomic mass is 16.5. The van der Waals surface area contributed by atoms with Crippen LogP contribution in [0.3, 0.4) is 0 Å². The number of nitrogens with one attached hydrogen (secondary N) is 1. The molecule has 1 atom stereocenters. The third kappa shape index (κ3) is 4.84. The molecule has 1 unspecified atom stereocenters. The summed E-state index contributed by atoms with van der Waals surface area (Å²) in [6.45, 7) is 8.78. The van der Waals surface area contributed by atoms with Gasteiger partial charge in [0, 0.05) is 37.2 Å². The van der Waals surface area contributed by atoms with Crippen molar-refractivity contribution in [3.05, 3.63) is 36.9 Å². The van der Waals surface area contributed by atoms with Gasteiger partial charge in [-0.15, -0.1) is 0 Å².